The Labute approximate surface area is 166 Å². The lowest BCUT2D eigenvalue weighted by molar-refractivity contribution is -0.138. The topological polar surface area (TPSA) is 78.0 Å². The maximum atomic E-state index is 13.2. The van der Waals surface area contributed by atoms with Gasteiger partial charge in [-0.25, -0.2) is 10.5 Å². The van der Waals surface area contributed by atoms with Crippen LogP contribution in [0.3, 0.4) is 0 Å². The molecule has 0 bridgehead atoms. The average Bonchev–Trinajstić information content (AvgIpc) is 2.67. The van der Waals surface area contributed by atoms with Crippen LogP contribution in [-0.4, -0.2) is 11.3 Å². The van der Waals surface area contributed by atoms with E-state index in [0.717, 1.165) is 6.07 Å². The molecule has 9 heteroatoms. The highest BCUT2D eigenvalue weighted by atomic mass is 79.9. The highest BCUT2D eigenvalue weighted by Gasteiger charge is 2.39. The van der Waals surface area contributed by atoms with Crippen molar-refractivity contribution in [2.45, 2.75) is 11.9 Å². The van der Waals surface area contributed by atoms with Crippen molar-refractivity contribution in [2.75, 3.05) is 0 Å². The third kappa shape index (κ3) is 3.99. The number of rotatable bonds is 4. The predicted octanol–water partition coefficient (Wildman–Crippen LogP) is 5.90. The number of halogens is 4. The number of phenolic OH excluding ortho intramolecular Hbond substituents is 1. The Bertz CT molecular complexity index is 1000. The zero-order valence-electron chi connectivity index (χ0n) is 14.1. The number of nitrogens with one attached hydrogen (secondary N) is 1. The lowest BCUT2D eigenvalue weighted by Gasteiger charge is -2.29. The van der Waals surface area contributed by atoms with Crippen LogP contribution in [0.4, 0.5) is 13.2 Å². The van der Waals surface area contributed by atoms with Crippen molar-refractivity contribution in [1.82, 2.24) is 0 Å². The standard InChI is InChI=1S/C19H13BrF3N3O2/c20-15-8-7-13(10-14(15)19(21,22)23)18(26-24)9-3-6-17(28-18)25-11-12-4-1-2-5-16(12)27/h1-11,24,27H. The number of hydrogen-bond acceptors (Lipinski definition) is 5. The molecule has 1 atom stereocenters. The molecule has 0 amide bonds. The number of allylic oxidation sites excluding steroid dienone is 2. The van der Waals surface area contributed by atoms with Gasteiger partial charge in [0.15, 0.2) is 0 Å². The first-order chi connectivity index (χ1) is 13.2. The molecule has 0 saturated carbocycles. The van der Waals surface area contributed by atoms with Gasteiger partial charge in [-0.3, -0.25) is 0 Å². The van der Waals surface area contributed by atoms with E-state index < -0.39 is 17.5 Å². The van der Waals surface area contributed by atoms with E-state index in [9.17, 15) is 18.3 Å². The van der Waals surface area contributed by atoms with Crippen molar-refractivity contribution < 1.29 is 23.0 Å². The smallest absolute Gasteiger partial charge is 0.417 e. The van der Waals surface area contributed by atoms with Gasteiger partial charge in [0.1, 0.15) is 5.75 Å². The fourth-order valence-corrected chi connectivity index (χ4v) is 3.00. The third-order valence-electron chi connectivity index (χ3n) is 3.94. The number of para-hydroxylation sites is 1. The molecular formula is C19H13BrF3N3O2. The summed E-state index contributed by atoms with van der Waals surface area (Å²) in [6.45, 7) is 0. The van der Waals surface area contributed by atoms with Crippen molar-refractivity contribution in [3.05, 3.63) is 87.7 Å². The van der Waals surface area contributed by atoms with Gasteiger partial charge in [0, 0.05) is 27.9 Å². The number of alkyl halides is 3. The molecule has 0 saturated heterocycles. The predicted molar refractivity (Wildman–Crippen MR) is 100.0 cm³/mol. The first-order valence-corrected chi connectivity index (χ1v) is 8.71. The first-order valence-electron chi connectivity index (χ1n) is 7.91. The van der Waals surface area contributed by atoms with Crippen LogP contribution in [0.1, 0.15) is 16.7 Å². The summed E-state index contributed by atoms with van der Waals surface area (Å²) in [5.41, 5.74) is 5.29. The van der Waals surface area contributed by atoms with Crippen molar-refractivity contribution >= 4 is 22.1 Å². The van der Waals surface area contributed by atoms with E-state index in [2.05, 4.69) is 26.0 Å². The summed E-state index contributed by atoms with van der Waals surface area (Å²) in [6.07, 6.45) is 1.09. The molecule has 0 aliphatic carbocycles. The van der Waals surface area contributed by atoms with Gasteiger partial charge in [0.2, 0.25) is 5.88 Å². The van der Waals surface area contributed by atoms with Crippen LogP contribution in [-0.2, 0) is 16.6 Å². The number of hydrogen-bond donors (Lipinski definition) is 2. The van der Waals surface area contributed by atoms with Gasteiger partial charge in [-0.05, 0) is 30.3 Å². The molecule has 3 rings (SSSR count). The Morgan fingerprint density at radius 2 is 1.93 bits per heavy atom. The second kappa shape index (κ2) is 7.59. The molecule has 1 heterocycles. The molecule has 144 valence electrons. The summed E-state index contributed by atoms with van der Waals surface area (Å²) in [6, 6.07) is 9.97. The number of phenols is 1. The van der Waals surface area contributed by atoms with Crippen LogP contribution in [0.5, 0.6) is 5.75 Å². The number of aliphatic imine (C=N–C) groups is 1. The highest BCUT2D eigenvalue weighted by molar-refractivity contribution is 9.10. The van der Waals surface area contributed by atoms with Gasteiger partial charge in [0.05, 0.1) is 5.56 Å². The normalized spacial score (nSPS) is 19.4. The van der Waals surface area contributed by atoms with Crippen LogP contribution < -0.4 is 0 Å². The van der Waals surface area contributed by atoms with Crippen LogP contribution >= 0.6 is 15.9 Å². The monoisotopic (exact) mass is 451 g/mol. The minimum Gasteiger partial charge on any atom is -0.507 e. The Balaban J connectivity index is 1.94. The van der Waals surface area contributed by atoms with Crippen molar-refractivity contribution in [2.24, 2.45) is 10.1 Å². The van der Waals surface area contributed by atoms with Gasteiger partial charge < -0.3 is 9.84 Å². The quantitative estimate of drug-likeness (QED) is 0.447. The Morgan fingerprint density at radius 3 is 2.61 bits per heavy atom. The van der Waals surface area contributed by atoms with Gasteiger partial charge in [-0.1, -0.05) is 40.2 Å². The molecule has 5 nitrogen and oxygen atoms in total. The van der Waals surface area contributed by atoms with E-state index in [-0.39, 0.29) is 21.7 Å². The van der Waals surface area contributed by atoms with E-state index in [0.29, 0.717) is 5.56 Å². The van der Waals surface area contributed by atoms with Gasteiger partial charge in [-0.15, -0.1) is 5.11 Å². The molecule has 0 fully saturated rings. The maximum absolute atomic E-state index is 13.2. The highest BCUT2D eigenvalue weighted by Crippen LogP contribution is 2.40. The largest absolute Gasteiger partial charge is 0.507 e. The summed E-state index contributed by atoms with van der Waals surface area (Å²) in [4.78, 5) is 4.10. The van der Waals surface area contributed by atoms with Crippen molar-refractivity contribution in [1.29, 1.82) is 5.53 Å². The average molecular weight is 452 g/mol. The molecule has 1 aliphatic rings. The number of aromatic hydroxyl groups is 1. The van der Waals surface area contributed by atoms with Crippen LogP contribution in [0.15, 0.2) is 81.2 Å². The maximum Gasteiger partial charge on any atom is 0.417 e. The summed E-state index contributed by atoms with van der Waals surface area (Å²) in [5.74, 6) is 0.0376. The van der Waals surface area contributed by atoms with Gasteiger partial charge in [0.25, 0.3) is 5.72 Å². The van der Waals surface area contributed by atoms with Gasteiger partial charge >= 0.3 is 6.18 Å². The summed E-state index contributed by atoms with van der Waals surface area (Å²) in [5, 5.41) is 13.2. The minimum absolute atomic E-state index is 0.0115. The minimum atomic E-state index is -4.59. The Hall–Kier alpha value is -2.94. The van der Waals surface area contributed by atoms with Crippen LogP contribution in [0.2, 0.25) is 0 Å². The molecule has 28 heavy (non-hydrogen) atoms. The molecule has 0 aromatic heterocycles. The van der Waals surface area contributed by atoms with Crippen molar-refractivity contribution in [3.63, 3.8) is 0 Å². The van der Waals surface area contributed by atoms with Crippen LogP contribution in [0, 0.1) is 5.53 Å². The van der Waals surface area contributed by atoms with E-state index in [1.807, 2.05) is 0 Å². The molecule has 2 aromatic rings. The van der Waals surface area contributed by atoms with E-state index in [4.69, 9.17) is 10.3 Å². The first kappa shape index (κ1) is 19.8. The molecule has 1 aliphatic heterocycles. The summed E-state index contributed by atoms with van der Waals surface area (Å²) >= 11 is 2.88. The van der Waals surface area contributed by atoms with E-state index in [1.54, 1.807) is 18.2 Å². The Morgan fingerprint density at radius 1 is 1.18 bits per heavy atom. The van der Waals surface area contributed by atoms with Crippen molar-refractivity contribution in [3.8, 4) is 5.75 Å². The van der Waals surface area contributed by atoms with Gasteiger partial charge in [-0.2, -0.15) is 13.2 Å². The fraction of sp³-hybridized carbons (Fsp3) is 0.105. The molecular weight excluding hydrogens is 439 g/mol. The fourth-order valence-electron chi connectivity index (χ4n) is 2.53. The second-order valence-electron chi connectivity index (χ2n) is 5.78. The third-order valence-corrected chi connectivity index (χ3v) is 4.63. The molecule has 0 spiro atoms. The Kier molecular flexibility index (Phi) is 5.37. The SMILES string of the molecule is N=NC1(c2ccc(Br)c(C(F)(F)F)c2)C=CC=C(N=Cc2ccccc2O)O1. The van der Waals surface area contributed by atoms with Crippen LogP contribution in [0.25, 0.3) is 0 Å². The number of nitrogens with zero attached hydrogens (tertiary/aromatic N) is 2. The lowest BCUT2D eigenvalue weighted by Crippen LogP contribution is -2.26. The second-order valence-corrected chi connectivity index (χ2v) is 6.64. The van der Waals surface area contributed by atoms with E-state index >= 15 is 0 Å². The molecule has 2 N–H and O–H groups in total. The number of benzene rings is 2. The number of ether oxygens (including phenoxy) is 1. The molecule has 2 aromatic carbocycles. The molecule has 1 unspecified atom stereocenters. The molecule has 0 radical (unpaired) electrons. The summed E-state index contributed by atoms with van der Waals surface area (Å²) in [7, 11) is 0. The lowest BCUT2D eigenvalue weighted by atomic mass is 9.99. The zero-order chi connectivity index (χ0) is 20.4. The van der Waals surface area contributed by atoms with E-state index in [1.165, 1.54) is 42.6 Å². The summed E-state index contributed by atoms with van der Waals surface area (Å²) < 4.78 is 45.2. The zero-order valence-corrected chi connectivity index (χ0v) is 15.7.